The maximum absolute atomic E-state index is 11.9. The number of anilines is 1. The maximum Gasteiger partial charge on any atom is 0.313 e. The predicted molar refractivity (Wildman–Crippen MR) is 80.8 cm³/mol. The van der Waals surface area contributed by atoms with E-state index in [2.05, 4.69) is 10.6 Å². The molecule has 3 N–H and O–H groups in total. The summed E-state index contributed by atoms with van der Waals surface area (Å²) in [7, 11) is 0. The van der Waals surface area contributed by atoms with Crippen molar-refractivity contribution in [3.8, 4) is 0 Å². The number of hydrogen-bond donors (Lipinski definition) is 3. The Balaban J connectivity index is 1.90. The molecule has 0 spiro atoms. The van der Waals surface area contributed by atoms with E-state index in [0.717, 1.165) is 24.8 Å². The van der Waals surface area contributed by atoms with E-state index in [1.54, 1.807) is 6.07 Å². The van der Waals surface area contributed by atoms with Crippen LogP contribution in [0.3, 0.4) is 0 Å². The van der Waals surface area contributed by atoms with Crippen molar-refractivity contribution >= 4 is 17.5 Å². The summed E-state index contributed by atoms with van der Waals surface area (Å²) in [6.07, 6.45) is 3.46. The molecule has 1 aliphatic carbocycles. The topological polar surface area (TPSA) is 78.4 Å². The highest BCUT2D eigenvalue weighted by Crippen LogP contribution is 2.33. The molecule has 5 nitrogen and oxygen atoms in total. The minimum Gasteiger partial charge on any atom is -0.396 e. The molecule has 1 atom stereocenters. The van der Waals surface area contributed by atoms with Crippen LogP contribution in [-0.2, 0) is 16.0 Å². The summed E-state index contributed by atoms with van der Waals surface area (Å²) >= 11 is 0. The Bertz CT molecular complexity index is 512. The molecule has 2 rings (SSSR count). The zero-order valence-electron chi connectivity index (χ0n) is 12.3. The van der Waals surface area contributed by atoms with Crippen LogP contribution in [0.2, 0.25) is 0 Å². The van der Waals surface area contributed by atoms with Crippen molar-refractivity contribution in [3.63, 3.8) is 0 Å². The van der Waals surface area contributed by atoms with Crippen molar-refractivity contribution in [2.45, 2.75) is 38.6 Å². The molecule has 0 radical (unpaired) electrons. The summed E-state index contributed by atoms with van der Waals surface area (Å²) < 4.78 is 0. The molecule has 2 amide bonds. The number of amides is 2. The van der Waals surface area contributed by atoms with Crippen LogP contribution in [-0.4, -0.2) is 29.6 Å². The molecule has 5 heteroatoms. The summed E-state index contributed by atoms with van der Waals surface area (Å²) in [5.74, 6) is -0.897. The molecule has 0 aromatic heterocycles. The van der Waals surface area contributed by atoms with Gasteiger partial charge in [0.25, 0.3) is 0 Å². The van der Waals surface area contributed by atoms with Gasteiger partial charge in [-0.05, 0) is 49.3 Å². The monoisotopic (exact) mass is 290 g/mol. The Morgan fingerprint density at radius 3 is 2.71 bits per heavy atom. The first kappa shape index (κ1) is 15.5. The number of aliphatic hydroxyl groups is 1. The first-order valence-electron chi connectivity index (χ1n) is 7.45. The standard InChI is InChI=1S/C16H22N2O3/c1-2-11-4-3-5-13(10-11)17-15(20)16(21)18-14(8-9-19)12-6-7-12/h3-5,10,12,14,19H,2,6-9H2,1H3,(H,17,20)(H,18,21). The van der Waals surface area contributed by atoms with Crippen LogP contribution in [0.4, 0.5) is 5.69 Å². The number of hydrogen-bond acceptors (Lipinski definition) is 3. The van der Waals surface area contributed by atoms with E-state index in [0.29, 0.717) is 18.0 Å². The third kappa shape index (κ3) is 4.56. The van der Waals surface area contributed by atoms with Gasteiger partial charge in [0.15, 0.2) is 0 Å². The lowest BCUT2D eigenvalue weighted by molar-refractivity contribution is -0.136. The van der Waals surface area contributed by atoms with Gasteiger partial charge in [-0.25, -0.2) is 0 Å². The summed E-state index contributed by atoms with van der Waals surface area (Å²) in [6, 6.07) is 7.34. The third-order valence-electron chi connectivity index (χ3n) is 3.75. The van der Waals surface area contributed by atoms with Crippen LogP contribution in [0.25, 0.3) is 0 Å². The van der Waals surface area contributed by atoms with Crippen molar-refractivity contribution in [3.05, 3.63) is 29.8 Å². The van der Waals surface area contributed by atoms with E-state index in [9.17, 15) is 9.59 Å². The van der Waals surface area contributed by atoms with E-state index in [-0.39, 0.29) is 12.6 Å². The first-order valence-corrected chi connectivity index (χ1v) is 7.45. The summed E-state index contributed by atoms with van der Waals surface area (Å²) in [6.45, 7) is 2.05. The number of aryl methyl sites for hydroxylation is 1. The lowest BCUT2D eigenvalue weighted by Crippen LogP contribution is -2.43. The van der Waals surface area contributed by atoms with Gasteiger partial charge >= 0.3 is 11.8 Å². The molecule has 1 aliphatic rings. The molecule has 0 bridgehead atoms. The second-order valence-electron chi connectivity index (χ2n) is 5.44. The largest absolute Gasteiger partial charge is 0.396 e. The molecule has 114 valence electrons. The highest BCUT2D eigenvalue weighted by atomic mass is 16.3. The van der Waals surface area contributed by atoms with Crippen LogP contribution in [0.15, 0.2) is 24.3 Å². The highest BCUT2D eigenvalue weighted by Gasteiger charge is 2.32. The van der Waals surface area contributed by atoms with Gasteiger partial charge in [-0.1, -0.05) is 19.1 Å². The zero-order chi connectivity index (χ0) is 15.2. The number of rotatable bonds is 6. The fraction of sp³-hybridized carbons (Fsp3) is 0.500. The van der Waals surface area contributed by atoms with Crippen LogP contribution in [0, 0.1) is 5.92 Å². The SMILES string of the molecule is CCc1cccc(NC(=O)C(=O)NC(CCO)C2CC2)c1. The average Bonchev–Trinajstić information content (AvgIpc) is 3.31. The van der Waals surface area contributed by atoms with Gasteiger partial charge < -0.3 is 15.7 Å². The molecule has 21 heavy (non-hydrogen) atoms. The van der Waals surface area contributed by atoms with Gasteiger partial charge in [0, 0.05) is 18.3 Å². The molecular formula is C16H22N2O3. The molecule has 1 fully saturated rings. The van der Waals surface area contributed by atoms with Gasteiger partial charge in [-0.2, -0.15) is 0 Å². The van der Waals surface area contributed by atoms with Gasteiger partial charge in [0.2, 0.25) is 0 Å². The Morgan fingerprint density at radius 1 is 1.33 bits per heavy atom. The highest BCUT2D eigenvalue weighted by molar-refractivity contribution is 6.39. The van der Waals surface area contributed by atoms with Gasteiger partial charge in [0.1, 0.15) is 0 Å². The molecule has 0 heterocycles. The van der Waals surface area contributed by atoms with Crippen molar-refractivity contribution < 1.29 is 14.7 Å². The molecule has 1 aromatic carbocycles. The van der Waals surface area contributed by atoms with Gasteiger partial charge in [-0.15, -0.1) is 0 Å². The van der Waals surface area contributed by atoms with Crippen LogP contribution < -0.4 is 10.6 Å². The Morgan fingerprint density at radius 2 is 2.10 bits per heavy atom. The van der Waals surface area contributed by atoms with Crippen molar-refractivity contribution in [1.29, 1.82) is 0 Å². The first-order chi connectivity index (χ1) is 10.1. The second kappa shape index (κ2) is 7.22. The minimum atomic E-state index is -0.660. The smallest absolute Gasteiger partial charge is 0.313 e. The molecule has 1 aromatic rings. The fourth-order valence-corrected chi connectivity index (χ4v) is 2.35. The second-order valence-corrected chi connectivity index (χ2v) is 5.44. The number of carbonyl (C=O) groups is 2. The fourth-order valence-electron chi connectivity index (χ4n) is 2.35. The van der Waals surface area contributed by atoms with Crippen molar-refractivity contribution in [2.24, 2.45) is 5.92 Å². The minimum absolute atomic E-state index is 0.0155. The van der Waals surface area contributed by atoms with Crippen LogP contribution in [0.5, 0.6) is 0 Å². The molecule has 0 aliphatic heterocycles. The quantitative estimate of drug-likeness (QED) is 0.694. The molecule has 0 saturated heterocycles. The van der Waals surface area contributed by atoms with Crippen molar-refractivity contribution in [1.82, 2.24) is 5.32 Å². The lowest BCUT2D eigenvalue weighted by Gasteiger charge is -2.16. The van der Waals surface area contributed by atoms with E-state index >= 15 is 0 Å². The predicted octanol–water partition coefficient (Wildman–Crippen LogP) is 1.46. The molecule has 1 unspecified atom stereocenters. The summed E-state index contributed by atoms with van der Waals surface area (Å²) in [4.78, 5) is 23.8. The lowest BCUT2D eigenvalue weighted by atomic mass is 10.1. The number of benzene rings is 1. The van der Waals surface area contributed by atoms with E-state index in [4.69, 9.17) is 5.11 Å². The van der Waals surface area contributed by atoms with Gasteiger partial charge in [0.05, 0.1) is 0 Å². The average molecular weight is 290 g/mol. The number of nitrogens with one attached hydrogen (secondary N) is 2. The molecular weight excluding hydrogens is 268 g/mol. The molecule has 1 saturated carbocycles. The Labute approximate surface area is 124 Å². The van der Waals surface area contributed by atoms with Crippen LogP contribution in [0.1, 0.15) is 31.7 Å². The Kier molecular flexibility index (Phi) is 5.33. The normalized spacial score (nSPS) is 15.3. The van der Waals surface area contributed by atoms with Crippen LogP contribution >= 0.6 is 0 Å². The zero-order valence-corrected chi connectivity index (χ0v) is 12.3. The van der Waals surface area contributed by atoms with E-state index in [1.165, 1.54) is 0 Å². The maximum atomic E-state index is 11.9. The van der Waals surface area contributed by atoms with Crippen molar-refractivity contribution in [2.75, 3.05) is 11.9 Å². The third-order valence-corrected chi connectivity index (χ3v) is 3.75. The van der Waals surface area contributed by atoms with E-state index < -0.39 is 11.8 Å². The number of aliphatic hydroxyl groups excluding tert-OH is 1. The summed E-state index contributed by atoms with van der Waals surface area (Å²) in [5, 5.41) is 14.3. The number of carbonyl (C=O) groups excluding carboxylic acids is 2. The summed E-state index contributed by atoms with van der Waals surface area (Å²) in [5.41, 5.74) is 1.73. The van der Waals surface area contributed by atoms with Gasteiger partial charge in [-0.3, -0.25) is 9.59 Å². The van der Waals surface area contributed by atoms with E-state index in [1.807, 2.05) is 25.1 Å². The Hall–Kier alpha value is -1.88.